The van der Waals surface area contributed by atoms with Crippen molar-refractivity contribution in [3.63, 3.8) is 0 Å². The van der Waals surface area contributed by atoms with Gasteiger partial charge in [-0.25, -0.2) is 4.99 Å². The van der Waals surface area contributed by atoms with Gasteiger partial charge in [-0.05, 0) is 30.2 Å². The minimum Gasteiger partial charge on any atom is -0.481 e. The Labute approximate surface area is 142 Å². The van der Waals surface area contributed by atoms with Gasteiger partial charge in [-0.3, -0.25) is 0 Å². The fraction of sp³-hybridized carbons (Fsp3) is 0.0455. The van der Waals surface area contributed by atoms with Crippen molar-refractivity contribution in [1.29, 1.82) is 0 Å². The topological polar surface area (TPSA) is 21.6 Å². The predicted octanol–water partition coefficient (Wildman–Crippen LogP) is 4.89. The smallest absolute Gasteiger partial charge is 0.149 e. The molecule has 0 aliphatic heterocycles. The van der Waals surface area contributed by atoms with Crippen molar-refractivity contribution in [3.8, 4) is 17.6 Å². The summed E-state index contributed by atoms with van der Waals surface area (Å²) in [6, 6.07) is 29.5. The lowest BCUT2D eigenvalue weighted by atomic mass is 10.1. The van der Waals surface area contributed by atoms with Gasteiger partial charge in [-0.15, -0.1) is 0 Å². The molecule has 0 amide bonds. The van der Waals surface area contributed by atoms with Crippen LogP contribution in [0.3, 0.4) is 0 Å². The third-order valence-electron chi connectivity index (χ3n) is 3.31. The number of hydrogen-bond acceptors (Lipinski definition) is 2. The maximum atomic E-state index is 5.61. The van der Waals surface area contributed by atoms with Crippen LogP contribution >= 0.6 is 0 Å². The van der Waals surface area contributed by atoms with E-state index in [0.29, 0.717) is 6.61 Å². The van der Waals surface area contributed by atoms with Crippen molar-refractivity contribution >= 4 is 11.4 Å². The lowest BCUT2D eigenvalue weighted by molar-refractivity contribution is 0.370. The molecule has 3 aromatic rings. The number of aliphatic imine (C=N–C) groups is 1. The number of para-hydroxylation sites is 2. The minimum atomic E-state index is 0.324. The van der Waals surface area contributed by atoms with E-state index in [-0.39, 0.29) is 0 Å². The molecule has 2 nitrogen and oxygen atoms in total. The van der Waals surface area contributed by atoms with Gasteiger partial charge in [0, 0.05) is 5.56 Å². The third kappa shape index (κ3) is 4.59. The van der Waals surface area contributed by atoms with Crippen molar-refractivity contribution in [2.45, 2.75) is 0 Å². The standard InChI is InChI=1S/C22H17NO/c1-4-11-19(12-5-1)22(23-20-13-6-2-7-14-20)17-10-18-24-21-15-8-3-9-16-21/h1-9,11-16H,18H2. The van der Waals surface area contributed by atoms with E-state index in [1.807, 2.05) is 91.0 Å². The molecular formula is C22H17NO. The van der Waals surface area contributed by atoms with Crippen LogP contribution in [0.4, 0.5) is 5.69 Å². The van der Waals surface area contributed by atoms with Gasteiger partial charge in [0.15, 0.2) is 0 Å². The molecular weight excluding hydrogens is 294 g/mol. The number of rotatable bonds is 4. The van der Waals surface area contributed by atoms with Gasteiger partial charge in [0.1, 0.15) is 18.1 Å². The quantitative estimate of drug-likeness (QED) is 0.496. The van der Waals surface area contributed by atoms with E-state index in [1.165, 1.54) is 0 Å². The maximum Gasteiger partial charge on any atom is 0.149 e. The Bertz CT molecular complexity index is 844. The number of benzene rings is 3. The lowest BCUT2D eigenvalue weighted by Crippen LogP contribution is -1.99. The van der Waals surface area contributed by atoms with Crippen molar-refractivity contribution in [2.75, 3.05) is 6.61 Å². The van der Waals surface area contributed by atoms with Crippen LogP contribution in [-0.2, 0) is 0 Å². The zero-order valence-corrected chi connectivity index (χ0v) is 13.2. The van der Waals surface area contributed by atoms with E-state index in [9.17, 15) is 0 Å². The van der Waals surface area contributed by atoms with Crippen LogP contribution in [0.2, 0.25) is 0 Å². The Morgan fingerprint density at radius 2 is 1.33 bits per heavy atom. The molecule has 0 N–H and O–H groups in total. The summed E-state index contributed by atoms with van der Waals surface area (Å²) in [7, 11) is 0. The highest BCUT2D eigenvalue weighted by molar-refractivity contribution is 6.14. The second kappa shape index (κ2) is 8.36. The van der Waals surface area contributed by atoms with Gasteiger partial charge in [0.05, 0.1) is 5.69 Å². The molecule has 0 radical (unpaired) electrons. The van der Waals surface area contributed by atoms with E-state index in [2.05, 4.69) is 16.8 Å². The summed E-state index contributed by atoms with van der Waals surface area (Å²) in [6.45, 7) is 0.324. The minimum absolute atomic E-state index is 0.324. The largest absolute Gasteiger partial charge is 0.481 e. The Balaban J connectivity index is 1.79. The Morgan fingerprint density at radius 1 is 0.750 bits per heavy atom. The molecule has 0 saturated carbocycles. The van der Waals surface area contributed by atoms with E-state index in [0.717, 1.165) is 22.7 Å². The monoisotopic (exact) mass is 311 g/mol. The summed E-state index contributed by atoms with van der Waals surface area (Å²) in [6.07, 6.45) is 0. The van der Waals surface area contributed by atoms with Crippen LogP contribution < -0.4 is 4.74 Å². The van der Waals surface area contributed by atoms with Gasteiger partial charge >= 0.3 is 0 Å². The summed E-state index contributed by atoms with van der Waals surface area (Å²) in [4.78, 5) is 4.66. The van der Waals surface area contributed by atoms with E-state index >= 15 is 0 Å². The number of ether oxygens (including phenoxy) is 1. The molecule has 0 unspecified atom stereocenters. The first kappa shape index (κ1) is 15.6. The molecule has 2 heteroatoms. The van der Waals surface area contributed by atoms with Crippen molar-refractivity contribution in [2.24, 2.45) is 4.99 Å². The fourth-order valence-electron chi connectivity index (χ4n) is 2.15. The van der Waals surface area contributed by atoms with Crippen molar-refractivity contribution < 1.29 is 4.74 Å². The second-order valence-corrected chi connectivity index (χ2v) is 5.07. The molecule has 0 aromatic heterocycles. The van der Waals surface area contributed by atoms with Crippen LogP contribution in [0.5, 0.6) is 5.75 Å². The van der Waals surface area contributed by atoms with Crippen LogP contribution in [0, 0.1) is 11.8 Å². The fourth-order valence-corrected chi connectivity index (χ4v) is 2.15. The van der Waals surface area contributed by atoms with Crippen LogP contribution in [-0.4, -0.2) is 12.3 Å². The SMILES string of the molecule is C(#CC(=Nc1ccccc1)c1ccccc1)COc1ccccc1. The van der Waals surface area contributed by atoms with Gasteiger partial charge in [0.2, 0.25) is 0 Å². The highest BCUT2D eigenvalue weighted by atomic mass is 16.5. The molecule has 0 spiro atoms. The highest BCUT2D eigenvalue weighted by Gasteiger charge is 2.00. The van der Waals surface area contributed by atoms with Crippen molar-refractivity contribution in [1.82, 2.24) is 0 Å². The Kier molecular flexibility index (Phi) is 5.42. The zero-order chi connectivity index (χ0) is 16.5. The summed E-state index contributed by atoms with van der Waals surface area (Å²) >= 11 is 0. The average molecular weight is 311 g/mol. The van der Waals surface area contributed by atoms with Crippen LogP contribution in [0.15, 0.2) is 96.0 Å². The van der Waals surface area contributed by atoms with Gasteiger partial charge in [-0.2, -0.15) is 0 Å². The Hall–Kier alpha value is -3.31. The molecule has 3 rings (SSSR count). The summed E-state index contributed by atoms with van der Waals surface area (Å²) in [5, 5.41) is 0. The number of hydrogen-bond donors (Lipinski definition) is 0. The molecule has 116 valence electrons. The predicted molar refractivity (Wildman–Crippen MR) is 98.8 cm³/mol. The number of nitrogens with zero attached hydrogens (tertiary/aromatic N) is 1. The summed E-state index contributed by atoms with van der Waals surface area (Å²) in [5.74, 6) is 6.99. The molecule has 0 saturated heterocycles. The first-order valence-electron chi connectivity index (χ1n) is 7.78. The third-order valence-corrected chi connectivity index (χ3v) is 3.31. The normalized spacial score (nSPS) is 10.6. The van der Waals surface area contributed by atoms with Gasteiger partial charge in [0.25, 0.3) is 0 Å². The molecule has 0 aliphatic rings. The van der Waals surface area contributed by atoms with E-state index < -0.39 is 0 Å². The molecule has 3 aromatic carbocycles. The average Bonchev–Trinajstić information content (AvgIpc) is 2.66. The maximum absolute atomic E-state index is 5.61. The highest BCUT2D eigenvalue weighted by Crippen LogP contribution is 2.13. The first-order valence-corrected chi connectivity index (χ1v) is 7.78. The van der Waals surface area contributed by atoms with E-state index in [4.69, 9.17) is 4.74 Å². The first-order chi connectivity index (χ1) is 11.9. The van der Waals surface area contributed by atoms with Crippen LogP contribution in [0.1, 0.15) is 5.56 Å². The second-order valence-electron chi connectivity index (χ2n) is 5.07. The molecule has 0 aliphatic carbocycles. The van der Waals surface area contributed by atoms with Gasteiger partial charge in [-0.1, -0.05) is 72.7 Å². The molecule has 0 atom stereocenters. The lowest BCUT2D eigenvalue weighted by Gasteiger charge is -2.01. The summed E-state index contributed by atoms with van der Waals surface area (Å²) in [5.41, 5.74) is 2.61. The van der Waals surface area contributed by atoms with E-state index in [1.54, 1.807) is 0 Å². The van der Waals surface area contributed by atoms with Crippen LogP contribution in [0.25, 0.3) is 0 Å². The van der Waals surface area contributed by atoms with Crippen molar-refractivity contribution in [3.05, 3.63) is 96.6 Å². The van der Waals surface area contributed by atoms with Gasteiger partial charge < -0.3 is 4.74 Å². The molecule has 0 fully saturated rings. The molecule has 0 heterocycles. The summed E-state index contributed by atoms with van der Waals surface area (Å²) < 4.78 is 5.61. The zero-order valence-electron chi connectivity index (χ0n) is 13.2. The molecule has 24 heavy (non-hydrogen) atoms. The Morgan fingerprint density at radius 3 is 2.00 bits per heavy atom. The molecule has 0 bridgehead atoms.